The molecule has 2 amide bonds. The molecule has 0 aliphatic heterocycles. The minimum Gasteiger partial charge on any atom is -0.457 e. The highest BCUT2D eigenvalue weighted by atomic mass is 16.3. The highest BCUT2D eigenvalue weighted by molar-refractivity contribution is 5.98. The molecule has 0 atom stereocenters. The van der Waals surface area contributed by atoms with Crippen molar-refractivity contribution in [1.82, 2.24) is 4.90 Å². The fourth-order valence-corrected chi connectivity index (χ4v) is 2.80. The number of para-hydroxylation sites is 2. The number of anilines is 1. The summed E-state index contributed by atoms with van der Waals surface area (Å²) in [6, 6.07) is 17.2. The Kier molecular flexibility index (Phi) is 5.71. The fourth-order valence-electron chi connectivity index (χ4n) is 2.80. The average molecular weight is 362 g/mol. The van der Waals surface area contributed by atoms with Gasteiger partial charge in [-0.25, -0.2) is 0 Å². The van der Waals surface area contributed by atoms with Crippen molar-refractivity contribution < 1.29 is 14.0 Å². The van der Waals surface area contributed by atoms with Crippen molar-refractivity contribution in [2.45, 2.75) is 13.3 Å². The Balaban J connectivity index is 1.59. The first-order valence-electron chi connectivity index (χ1n) is 8.86. The molecule has 1 heterocycles. The molecule has 0 aliphatic rings. The van der Waals surface area contributed by atoms with Crippen molar-refractivity contribution in [3.63, 3.8) is 0 Å². The van der Waals surface area contributed by atoms with Gasteiger partial charge in [0.1, 0.15) is 11.3 Å². The van der Waals surface area contributed by atoms with E-state index in [4.69, 9.17) is 4.42 Å². The van der Waals surface area contributed by atoms with Crippen LogP contribution in [0, 0.1) is 0 Å². The van der Waals surface area contributed by atoms with E-state index in [0.717, 1.165) is 28.6 Å². The Morgan fingerprint density at radius 3 is 2.63 bits per heavy atom. The van der Waals surface area contributed by atoms with Crippen LogP contribution in [0.3, 0.4) is 0 Å². The number of hydrogen-bond acceptors (Lipinski definition) is 3. The number of amides is 2. The number of carbonyl (C=O) groups excluding carboxylic acids is 2. The molecular formula is C22H22N2O3. The Labute approximate surface area is 158 Å². The zero-order valence-corrected chi connectivity index (χ0v) is 15.4. The van der Waals surface area contributed by atoms with Crippen molar-refractivity contribution >= 4 is 34.5 Å². The van der Waals surface area contributed by atoms with Gasteiger partial charge in [0.2, 0.25) is 11.8 Å². The Bertz CT molecular complexity index is 955. The smallest absolute Gasteiger partial charge is 0.246 e. The third-order valence-electron chi connectivity index (χ3n) is 4.26. The lowest BCUT2D eigenvalue weighted by Crippen LogP contribution is -2.34. The van der Waals surface area contributed by atoms with E-state index in [2.05, 4.69) is 5.32 Å². The van der Waals surface area contributed by atoms with Crippen LogP contribution in [0.1, 0.15) is 18.2 Å². The molecule has 0 saturated carbocycles. The zero-order valence-electron chi connectivity index (χ0n) is 15.4. The molecule has 27 heavy (non-hydrogen) atoms. The minimum absolute atomic E-state index is 0.0264. The summed E-state index contributed by atoms with van der Waals surface area (Å²) in [6.07, 6.45) is 3.85. The molecule has 0 spiro atoms. The molecule has 0 aliphatic carbocycles. The number of aryl methyl sites for hydroxylation is 1. The maximum Gasteiger partial charge on any atom is 0.246 e. The van der Waals surface area contributed by atoms with Gasteiger partial charge in [0.05, 0.1) is 6.54 Å². The molecular weight excluding hydrogens is 340 g/mol. The van der Waals surface area contributed by atoms with Crippen LogP contribution < -0.4 is 5.32 Å². The first-order valence-corrected chi connectivity index (χ1v) is 8.86. The van der Waals surface area contributed by atoms with Gasteiger partial charge in [-0.1, -0.05) is 43.3 Å². The van der Waals surface area contributed by atoms with Gasteiger partial charge in [-0.3, -0.25) is 9.59 Å². The van der Waals surface area contributed by atoms with E-state index in [0.29, 0.717) is 5.76 Å². The number of nitrogens with zero attached hydrogens (tertiary/aromatic N) is 1. The van der Waals surface area contributed by atoms with E-state index in [1.54, 1.807) is 13.1 Å². The van der Waals surface area contributed by atoms with E-state index in [-0.39, 0.29) is 18.4 Å². The van der Waals surface area contributed by atoms with Crippen molar-refractivity contribution in [2.75, 3.05) is 18.9 Å². The molecule has 138 valence electrons. The standard InChI is InChI=1S/C22H22N2O3/c1-3-16-8-4-6-10-19(16)23-21(25)15-24(2)22(26)13-12-18-14-17-9-5-7-11-20(17)27-18/h4-14H,3,15H2,1-2H3,(H,23,25)/b13-12+. The van der Waals surface area contributed by atoms with E-state index in [1.807, 2.05) is 61.5 Å². The third-order valence-corrected chi connectivity index (χ3v) is 4.26. The van der Waals surface area contributed by atoms with E-state index >= 15 is 0 Å². The van der Waals surface area contributed by atoms with Crippen molar-refractivity contribution in [1.29, 1.82) is 0 Å². The van der Waals surface area contributed by atoms with Crippen LogP contribution in [-0.2, 0) is 16.0 Å². The summed E-state index contributed by atoms with van der Waals surface area (Å²) in [5.74, 6) is 0.0949. The van der Waals surface area contributed by atoms with Gasteiger partial charge in [-0.2, -0.15) is 0 Å². The lowest BCUT2D eigenvalue weighted by atomic mass is 10.1. The number of fused-ring (bicyclic) bond motifs is 1. The first kappa shape index (κ1) is 18.5. The van der Waals surface area contributed by atoms with Gasteiger partial charge >= 0.3 is 0 Å². The van der Waals surface area contributed by atoms with Gasteiger partial charge in [-0.15, -0.1) is 0 Å². The molecule has 1 N–H and O–H groups in total. The maximum atomic E-state index is 12.3. The quantitative estimate of drug-likeness (QED) is 0.672. The fraction of sp³-hybridized carbons (Fsp3) is 0.182. The van der Waals surface area contributed by atoms with Gasteiger partial charge in [-0.05, 0) is 36.3 Å². The molecule has 5 heteroatoms. The second kappa shape index (κ2) is 8.36. The predicted molar refractivity (Wildman–Crippen MR) is 107 cm³/mol. The van der Waals surface area contributed by atoms with Crippen LogP contribution in [0.4, 0.5) is 5.69 Å². The molecule has 3 aromatic rings. The van der Waals surface area contributed by atoms with Crippen LogP contribution in [0.25, 0.3) is 17.0 Å². The summed E-state index contributed by atoms with van der Waals surface area (Å²) in [4.78, 5) is 25.9. The molecule has 3 rings (SSSR count). The van der Waals surface area contributed by atoms with Gasteiger partial charge in [0.15, 0.2) is 0 Å². The number of hydrogen-bond donors (Lipinski definition) is 1. The molecule has 5 nitrogen and oxygen atoms in total. The van der Waals surface area contributed by atoms with E-state index in [9.17, 15) is 9.59 Å². The monoisotopic (exact) mass is 362 g/mol. The minimum atomic E-state index is -0.269. The normalized spacial score (nSPS) is 11.0. The van der Waals surface area contributed by atoms with E-state index in [1.165, 1.54) is 11.0 Å². The zero-order chi connectivity index (χ0) is 19.2. The van der Waals surface area contributed by atoms with Crippen molar-refractivity contribution in [3.8, 4) is 0 Å². The molecule has 0 saturated heterocycles. The second-order valence-electron chi connectivity index (χ2n) is 6.27. The van der Waals surface area contributed by atoms with Gasteiger partial charge < -0.3 is 14.6 Å². The maximum absolute atomic E-state index is 12.3. The molecule has 1 aromatic heterocycles. The molecule has 0 bridgehead atoms. The lowest BCUT2D eigenvalue weighted by molar-refractivity contribution is -0.129. The van der Waals surface area contributed by atoms with E-state index < -0.39 is 0 Å². The number of benzene rings is 2. The summed E-state index contributed by atoms with van der Waals surface area (Å²) >= 11 is 0. The van der Waals surface area contributed by atoms with Crippen LogP contribution in [0.2, 0.25) is 0 Å². The second-order valence-corrected chi connectivity index (χ2v) is 6.27. The number of likely N-dealkylation sites (N-methyl/N-ethyl adjacent to an activating group) is 1. The van der Waals surface area contributed by atoms with Crippen molar-refractivity contribution in [2.24, 2.45) is 0 Å². The summed E-state index contributed by atoms with van der Waals surface area (Å²) in [7, 11) is 1.59. The Morgan fingerprint density at radius 2 is 1.85 bits per heavy atom. The summed E-state index contributed by atoms with van der Waals surface area (Å²) in [6.45, 7) is 2.00. The average Bonchev–Trinajstić information content (AvgIpc) is 3.09. The molecule has 0 fully saturated rings. The van der Waals surface area contributed by atoms with Gasteiger partial charge in [0, 0.05) is 24.2 Å². The highest BCUT2D eigenvalue weighted by Gasteiger charge is 2.12. The topological polar surface area (TPSA) is 62.6 Å². The molecule has 0 unspecified atom stereocenters. The summed E-state index contributed by atoms with van der Waals surface area (Å²) in [5, 5.41) is 3.84. The van der Waals surface area contributed by atoms with Crippen LogP contribution in [0.5, 0.6) is 0 Å². The van der Waals surface area contributed by atoms with Crippen LogP contribution in [-0.4, -0.2) is 30.3 Å². The number of rotatable bonds is 6. The van der Waals surface area contributed by atoms with Crippen molar-refractivity contribution in [3.05, 3.63) is 72.0 Å². The third kappa shape index (κ3) is 4.64. The van der Waals surface area contributed by atoms with Crippen LogP contribution in [0.15, 0.2) is 65.1 Å². The number of furan rings is 1. The molecule has 2 aromatic carbocycles. The first-order chi connectivity index (χ1) is 13.1. The Hall–Kier alpha value is -3.34. The van der Waals surface area contributed by atoms with Crippen LogP contribution >= 0.6 is 0 Å². The number of nitrogens with one attached hydrogen (secondary N) is 1. The summed E-state index contributed by atoms with van der Waals surface area (Å²) < 4.78 is 5.65. The summed E-state index contributed by atoms with van der Waals surface area (Å²) in [5.41, 5.74) is 2.61. The van der Waals surface area contributed by atoms with Gasteiger partial charge in [0.25, 0.3) is 0 Å². The SMILES string of the molecule is CCc1ccccc1NC(=O)CN(C)C(=O)/C=C/c1cc2ccccc2o1. The number of carbonyl (C=O) groups is 2. The largest absolute Gasteiger partial charge is 0.457 e. The predicted octanol–water partition coefficient (Wildman–Crippen LogP) is 4.11. The molecule has 0 radical (unpaired) electrons. The lowest BCUT2D eigenvalue weighted by Gasteiger charge is -2.16. The Morgan fingerprint density at radius 1 is 1.11 bits per heavy atom. The highest BCUT2D eigenvalue weighted by Crippen LogP contribution is 2.19.